The van der Waals surface area contributed by atoms with Gasteiger partial charge in [-0.15, -0.1) is 0 Å². The van der Waals surface area contributed by atoms with Gasteiger partial charge in [-0.25, -0.2) is 9.97 Å². The van der Waals surface area contributed by atoms with Crippen LogP contribution in [0.3, 0.4) is 0 Å². The van der Waals surface area contributed by atoms with Crippen LogP contribution in [0.5, 0.6) is 0 Å². The summed E-state index contributed by atoms with van der Waals surface area (Å²) in [6.07, 6.45) is 0. The fourth-order valence-corrected chi connectivity index (χ4v) is 4.98. The van der Waals surface area contributed by atoms with Gasteiger partial charge >= 0.3 is 33.3 Å². The number of aryl methyl sites for hydroxylation is 2. The molecule has 6 heteroatoms. The van der Waals surface area contributed by atoms with Crippen LogP contribution in [0.2, 0.25) is 0 Å². The molecule has 0 spiro atoms. The Kier molecular flexibility index (Phi) is 9.85. The second-order valence-corrected chi connectivity index (χ2v) is 14.7. The number of aromatic nitrogens is 2. The molecule has 5 aromatic rings. The van der Waals surface area contributed by atoms with Crippen LogP contribution < -0.4 is 0 Å². The van der Waals surface area contributed by atoms with E-state index in [1.165, 1.54) is 22.3 Å². The molecule has 3 nitrogen and oxygen atoms in total. The van der Waals surface area contributed by atoms with Gasteiger partial charge in [-0.2, -0.15) is 0 Å². The summed E-state index contributed by atoms with van der Waals surface area (Å²) in [6, 6.07) is 26.0. The van der Waals surface area contributed by atoms with E-state index in [-0.39, 0.29) is 24.0 Å². The predicted octanol–water partition coefficient (Wildman–Crippen LogP) is 11.2. The van der Waals surface area contributed by atoms with Gasteiger partial charge in [0.05, 0.1) is 33.8 Å². The molecule has 2 aromatic heterocycles. The molecule has 0 atom stereocenters. The Hall–Kier alpha value is -2.75. The summed E-state index contributed by atoms with van der Waals surface area (Å²) in [5.41, 5.74) is 11.8. The van der Waals surface area contributed by atoms with Crippen LogP contribution in [0.25, 0.3) is 33.1 Å². The van der Waals surface area contributed by atoms with Crippen LogP contribution in [0, 0.1) is 13.8 Å². The van der Waals surface area contributed by atoms with Crippen LogP contribution in [-0.4, -0.2) is 15.7 Å². The number of halogens is 2. The minimum atomic E-state index is 0.0440. The number of pyridine rings is 2. The SMILES string of the molecule is CC(=Nc1c(C)cccc1C)c1ccc2ccc3ccc(-c4cc(C(C)(C)C)cc(C(C)(C)C)c4)nc3c2n1.[Cl][Fe][Cl]. The van der Waals surface area contributed by atoms with Gasteiger partial charge in [-0.05, 0) is 78.1 Å². The van der Waals surface area contributed by atoms with Crippen molar-refractivity contribution < 1.29 is 13.1 Å². The first kappa shape index (κ1) is 32.2. The van der Waals surface area contributed by atoms with Gasteiger partial charge in [0.2, 0.25) is 0 Å². The predicted molar refractivity (Wildman–Crippen MR) is 179 cm³/mol. The van der Waals surface area contributed by atoms with E-state index < -0.39 is 0 Å². The Balaban J connectivity index is 0.00000129. The van der Waals surface area contributed by atoms with Crippen LogP contribution in [0.15, 0.2) is 77.8 Å². The molecule has 0 bridgehead atoms. The van der Waals surface area contributed by atoms with E-state index in [9.17, 15) is 0 Å². The van der Waals surface area contributed by atoms with Gasteiger partial charge < -0.3 is 0 Å². The van der Waals surface area contributed by atoms with Crippen LogP contribution in [0.4, 0.5) is 5.69 Å². The molecule has 0 unspecified atom stereocenters. The Bertz CT molecular complexity index is 1730. The summed E-state index contributed by atoms with van der Waals surface area (Å²) in [5, 5.41) is 2.16. The van der Waals surface area contributed by atoms with Gasteiger partial charge in [0, 0.05) is 16.3 Å². The van der Waals surface area contributed by atoms with E-state index in [2.05, 4.69) is 128 Å². The normalized spacial score (nSPS) is 12.5. The van der Waals surface area contributed by atoms with Crippen molar-refractivity contribution in [2.24, 2.45) is 4.99 Å². The molecular weight excluding hydrogens is 601 g/mol. The molecule has 0 fully saturated rings. The molecule has 5 rings (SSSR count). The first-order valence-electron chi connectivity index (χ1n) is 14.1. The van der Waals surface area contributed by atoms with E-state index in [0.29, 0.717) is 0 Å². The Morgan fingerprint density at radius 2 is 1.17 bits per heavy atom. The van der Waals surface area contributed by atoms with E-state index in [4.69, 9.17) is 35.2 Å². The van der Waals surface area contributed by atoms with Gasteiger partial charge in [-0.1, -0.05) is 90.1 Å². The summed E-state index contributed by atoms with van der Waals surface area (Å²) in [6.45, 7) is 19.9. The van der Waals surface area contributed by atoms with E-state index >= 15 is 0 Å². The van der Waals surface area contributed by atoms with Crippen LogP contribution in [-0.2, 0) is 24.0 Å². The van der Waals surface area contributed by atoms with Crippen molar-refractivity contribution in [2.45, 2.75) is 73.1 Å². The maximum absolute atomic E-state index is 5.23. The zero-order valence-corrected chi connectivity index (χ0v) is 28.5. The van der Waals surface area contributed by atoms with E-state index in [1.54, 1.807) is 0 Å². The number of hydrogen-bond donors (Lipinski definition) is 0. The van der Waals surface area contributed by atoms with Crippen molar-refractivity contribution in [1.29, 1.82) is 0 Å². The van der Waals surface area contributed by atoms with E-state index in [1.807, 2.05) is 6.92 Å². The van der Waals surface area contributed by atoms with Crippen LogP contribution >= 0.6 is 20.2 Å². The van der Waals surface area contributed by atoms with Crippen molar-refractivity contribution in [1.82, 2.24) is 9.97 Å². The molecule has 220 valence electrons. The number of hydrogen-bond acceptors (Lipinski definition) is 3. The van der Waals surface area contributed by atoms with Crippen LogP contribution in [0.1, 0.15) is 76.4 Å². The molecule has 0 aliphatic carbocycles. The van der Waals surface area contributed by atoms with Crippen molar-refractivity contribution >= 4 is 53.4 Å². The molecule has 0 N–H and O–H groups in total. The molecule has 2 heterocycles. The molecule has 3 aromatic carbocycles. The summed E-state index contributed by atoms with van der Waals surface area (Å²) in [5.74, 6) is 0. The second kappa shape index (κ2) is 12.9. The molecule has 0 aliphatic rings. The molecule has 0 aliphatic heterocycles. The molecule has 0 saturated carbocycles. The number of benzene rings is 3. The third kappa shape index (κ3) is 7.24. The van der Waals surface area contributed by atoms with E-state index in [0.717, 1.165) is 50.2 Å². The van der Waals surface area contributed by atoms with Crippen molar-refractivity contribution in [2.75, 3.05) is 0 Å². The molecule has 0 amide bonds. The van der Waals surface area contributed by atoms with Gasteiger partial charge in [-0.3, -0.25) is 4.99 Å². The average Bonchev–Trinajstić information content (AvgIpc) is 2.93. The fourth-order valence-electron chi connectivity index (χ4n) is 4.98. The number of fused-ring (bicyclic) bond motifs is 3. The van der Waals surface area contributed by atoms with Gasteiger partial charge in [0.1, 0.15) is 0 Å². The van der Waals surface area contributed by atoms with Crippen molar-refractivity contribution in [3.63, 3.8) is 0 Å². The van der Waals surface area contributed by atoms with Gasteiger partial charge in [0.25, 0.3) is 0 Å². The fraction of sp³-hybridized carbons (Fsp3) is 0.306. The summed E-state index contributed by atoms with van der Waals surface area (Å²) in [7, 11) is 9.53. The first-order valence-corrected chi connectivity index (χ1v) is 17.1. The number of para-hydroxylation sites is 1. The van der Waals surface area contributed by atoms with Crippen molar-refractivity contribution in [3.8, 4) is 11.3 Å². The zero-order chi connectivity index (χ0) is 30.8. The standard InChI is InChI=1S/C36H39N3.2ClH.Fe/c1-22-11-10-12-23(2)32(22)37-24(3)30-17-15-25-13-14-26-16-18-31(39-34(26)33(25)38-30)27-19-28(35(4,5)6)21-29(20-27)36(7,8)9;;;/h10-21H,1-9H3;2*1H;/q;;;+2/p-2. The second-order valence-electron chi connectivity index (χ2n) is 12.9. The monoisotopic (exact) mass is 639 g/mol. The number of aliphatic imine (C=N–C) groups is 1. The van der Waals surface area contributed by atoms with Gasteiger partial charge in [0.15, 0.2) is 0 Å². The molecule has 0 radical (unpaired) electrons. The maximum atomic E-state index is 5.23. The first-order chi connectivity index (χ1) is 19.7. The average molecular weight is 640 g/mol. The number of rotatable bonds is 3. The Labute approximate surface area is 265 Å². The summed E-state index contributed by atoms with van der Waals surface area (Å²) in [4.78, 5) is 15.3. The summed E-state index contributed by atoms with van der Waals surface area (Å²) >= 11 is 0.194. The Morgan fingerprint density at radius 1 is 0.690 bits per heavy atom. The zero-order valence-electron chi connectivity index (χ0n) is 25.9. The summed E-state index contributed by atoms with van der Waals surface area (Å²) < 4.78 is 0. The van der Waals surface area contributed by atoms with Crippen molar-refractivity contribution in [3.05, 3.63) is 101 Å². The third-order valence-corrected chi connectivity index (χ3v) is 7.57. The topological polar surface area (TPSA) is 38.1 Å². The molecule has 0 saturated heterocycles. The Morgan fingerprint density at radius 3 is 1.69 bits per heavy atom. The molecule has 42 heavy (non-hydrogen) atoms. The number of nitrogens with zero attached hydrogens (tertiary/aromatic N) is 3. The minimum absolute atomic E-state index is 0.0440. The molecular formula is C36H39Cl2FeN3. The third-order valence-electron chi connectivity index (χ3n) is 7.57. The quantitative estimate of drug-likeness (QED) is 0.112.